The second-order valence-corrected chi connectivity index (χ2v) is 5.43. The van der Waals surface area contributed by atoms with Crippen molar-refractivity contribution in [1.29, 1.82) is 0 Å². The highest BCUT2D eigenvalue weighted by atomic mass is 79.9. The lowest BCUT2D eigenvalue weighted by Gasteiger charge is -2.29. The molecule has 4 heteroatoms. The number of nitrogens with one attached hydrogen (secondary N) is 1. The summed E-state index contributed by atoms with van der Waals surface area (Å²) in [6.45, 7) is 4.90. The van der Waals surface area contributed by atoms with Gasteiger partial charge in [-0.15, -0.1) is 0 Å². The van der Waals surface area contributed by atoms with Gasteiger partial charge in [0.25, 0.3) is 0 Å². The van der Waals surface area contributed by atoms with E-state index in [1.165, 1.54) is 12.1 Å². The van der Waals surface area contributed by atoms with E-state index in [0.717, 1.165) is 16.5 Å². The fraction of sp³-hybridized carbons (Fsp3) is 0.538. The Labute approximate surface area is 110 Å². The lowest BCUT2D eigenvalue weighted by molar-refractivity contribution is 0.214. The van der Waals surface area contributed by atoms with Gasteiger partial charge in [-0.25, -0.2) is 4.39 Å². The van der Waals surface area contributed by atoms with Crippen molar-refractivity contribution in [2.24, 2.45) is 0 Å². The van der Waals surface area contributed by atoms with Crippen LogP contribution >= 0.6 is 15.9 Å². The summed E-state index contributed by atoms with van der Waals surface area (Å²) in [7, 11) is 0. The molecule has 0 heterocycles. The molecule has 17 heavy (non-hydrogen) atoms. The number of aliphatic hydroxyl groups is 1. The summed E-state index contributed by atoms with van der Waals surface area (Å²) >= 11 is 3.27. The van der Waals surface area contributed by atoms with Crippen LogP contribution in [0.2, 0.25) is 0 Å². The number of hydrogen-bond donors (Lipinski definition) is 2. The molecule has 0 fully saturated rings. The van der Waals surface area contributed by atoms with Crippen LogP contribution in [0.4, 0.5) is 4.39 Å². The minimum atomic E-state index is -0.239. The molecule has 1 atom stereocenters. The van der Waals surface area contributed by atoms with E-state index in [1.807, 2.05) is 6.07 Å². The Balaban J connectivity index is 2.65. The van der Waals surface area contributed by atoms with Crippen molar-refractivity contribution < 1.29 is 9.50 Å². The molecule has 0 aliphatic rings. The van der Waals surface area contributed by atoms with Crippen molar-refractivity contribution in [3.63, 3.8) is 0 Å². The maximum Gasteiger partial charge on any atom is 0.124 e. The number of benzene rings is 1. The van der Waals surface area contributed by atoms with Gasteiger partial charge < -0.3 is 10.4 Å². The van der Waals surface area contributed by atoms with Crippen molar-refractivity contribution in [2.45, 2.75) is 38.8 Å². The first-order valence-corrected chi connectivity index (χ1v) is 6.59. The third kappa shape index (κ3) is 4.74. The standard InChI is InChI=1S/C13H19BrFNO/c1-3-13(2,4-5-17)16-9-10-6-11(14)8-12(15)7-10/h6-8,16-17H,3-5,9H2,1-2H3. The van der Waals surface area contributed by atoms with E-state index in [4.69, 9.17) is 5.11 Å². The van der Waals surface area contributed by atoms with Crippen LogP contribution in [0.3, 0.4) is 0 Å². The van der Waals surface area contributed by atoms with Crippen LogP contribution in [0, 0.1) is 5.82 Å². The molecule has 0 saturated carbocycles. The molecule has 0 saturated heterocycles. The Morgan fingerprint density at radius 2 is 2.12 bits per heavy atom. The number of hydrogen-bond acceptors (Lipinski definition) is 2. The van der Waals surface area contributed by atoms with E-state index in [1.54, 1.807) is 0 Å². The van der Waals surface area contributed by atoms with Gasteiger partial charge in [0, 0.05) is 23.2 Å². The van der Waals surface area contributed by atoms with Gasteiger partial charge in [-0.3, -0.25) is 0 Å². The van der Waals surface area contributed by atoms with Gasteiger partial charge in [-0.1, -0.05) is 22.9 Å². The second-order valence-electron chi connectivity index (χ2n) is 4.52. The zero-order valence-electron chi connectivity index (χ0n) is 10.3. The third-order valence-corrected chi connectivity index (χ3v) is 3.54. The molecule has 1 aromatic carbocycles. The van der Waals surface area contributed by atoms with Crippen LogP contribution in [0.5, 0.6) is 0 Å². The molecule has 0 bridgehead atoms. The number of halogens is 2. The van der Waals surface area contributed by atoms with Gasteiger partial charge >= 0.3 is 0 Å². The van der Waals surface area contributed by atoms with Crippen molar-refractivity contribution in [1.82, 2.24) is 5.32 Å². The van der Waals surface area contributed by atoms with Gasteiger partial charge in [-0.05, 0) is 43.5 Å². The van der Waals surface area contributed by atoms with Gasteiger partial charge in [0.2, 0.25) is 0 Å². The quantitative estimate of drug-likeness (QED) is 0.846. The van der Waals surface area contributed by atoms with E-state index in [0.29, 0.717) is 13.0 Å². The highest BCUT2D eigenvalue weighted by Crippen LogP contribution is 2.18. The molecule has 1 rings (SSSR count). The molecule has 0 aliphatic carbocycles. The minimum Gasteiger partial charge on any atom is -0.396 e. The van der Waals surface area contributed by atoms with Gasteiger partial charge in [-0.2, -0.15) is 0 Å². The molecule has 1 aromatic rings. The fourth-order valence-corrected chi connectivity index (χ4v) is 2.18. The third-order valence-electron chi connectivity index (χ3n) is 3.09. The smallest absolute Gasteiger partial charge is 0.124 e. The molecule has 0 spiro atoms. The summed E-state index contributed by atoms with van der Waals surface area (Å²) in [4.78, 5) is 0. The fourth-order valence-electron chi connectivity index (χ4n) is 1.67. The maximum absolute atomic E-state index is 13.2. The Hall–Kier alpha value is -0.450. The minimum absolute atomic E-state index is 0.104. The summed E-state index contributed by atoms with van der Waals surface area (Å²) < 4.78 is 13.9. The molecule has 0 aromatic heterocycles. The van der Waals surface area contributed by atoms with Crippen LogP contribution in [0.15, 0.2) is 22.7 Å². The molecule has 2 nitrogen and oxygen atoms in total. The summed E-state index contributed by atoms with van der Waals surface area (Å²) in [6.07, 6.45) is 1.62. The molecule has 0 amide bonds. The molecule has 1 unspecified atom stereocenters. The van der Waals surface area contributed by atoms with E-state index >= 15 is 0 Å². The maximum atomic E-state index is 13.2. The Morgan fingerprint density at radius 1 is 1.41 bits per heavy atom. The van der Waals surface area contributed by atoms with Crippen LogP contribution in [-0.4, -0.2) is 17.3 Å². The zero-order valence-corrected chi connectivity index (χ0v) is 11.8. The molecular formula is C13H19BrFNO. The van der Waals surface area contributed by atoms with Gasteiger partial charge in [0.05, 0.1) is 0 Å². The van der Waals surface area contributed by atoms with Crippen LogP contribution in [0.25, 0.3) is 0 Å². The predicted octanol–water partition coefficient (Wildman–Crippen LogP) is 3.23. The largest absolute Gasteiger partial charge is 0.396 e. The first-order chi connectivity index (χ1) is 7.99. The van der Waals surface area contributed by atoms with Crippen LogP contribution < -0.4 is 5.32 Å². The van der Waals surface area contributed by atoms with E-state index in [9.17, 15) is 4.39 Å². The highest BCUT2D eigenvalue weighted by Gasteiger charge is 2.20. The van der Waals surface area contributed by atoms with Gasteiger partial charge in [0.1, 0.15) is 5.82 Å². The van der Waals surface area contributed by atoms with Gasteiger partial charge in [0.15, 0.2) is 0 Å². The highest BCUT2D eigenvalue weighted by molar-refractivity contribution is 9.10. The van der Waals surface area contributed by atoms with Crippen molar-refractivity contribution in [3.05, 3.63) is 34.1 Å². The number of rotatable bonds is 6. The SMILES string of the molecule is CCC(C)(CCO)NCc1cc(F)cc(Br)c1. The van der Waals surface area contributed by atoms with Crippen LogP contribution in [0.1, 0.15) is 32.3 Å². The summed E-state index contributed by atoms with van der Waals surface area (Å²) in [5.74, 6) is -0.239. The average molecular weight is 304 g/mol. The van der Waals surface area contributed by atoms with E-state index in [2.05, 4.69) is 35.1 Å². The number of aliphatic hydroxyl groups excluding tert-OH is 1. The Kier molecular flexibility index (Phi) is 5.56. The topological polar surface area (TPSA) is 32.3 Å². The molecule has 2 N–H and O–H groups in total. The predicted molar refractivity (Wildman–Crippen MR) is 71.3 cm³/mol. The zero-order chi connectivity index (χ0) is 12.9. The normalized spacial score (nSPS) is 14.6. The second kappa shape index (κ2) is 6.47. The lowest BCUT2D eigenvalue weighted by Crippen LogP contribution is -2.42. The van der Waals surface area contributed by atoms with E-state index in [-0.39, 0.29) is 18.0 Å². The monoisotopic (exact) mass is 303 g/mol. The molecule has 0 radical (unpaired) electrons. The summed E-state index contributed by atoms with van der Waals surface area (Å²) in [5.41, 5.74) is 0.794. The van der Waals surface area contributed by atoms with Crippen molar-refractivity contribution in [3.8, 4) is 0 Å². The Bertz CT molecular complexity index is 352. The summed E-state index contributed by atoms with van der Waals surface area (Å²) in [6, 6.07) is 4.86. The Morgan fingerprint density at radius 3 is 2.65 bits per heavy atom. The summed E-state index contributed by atoms with van der Waals surface area (Å²) in [5, 5.41) is 12.4. The van der Waals surface area contributed by atoms with E-state index < -0.39 is 0 Å². The van der Waals surface area contributed by atoms with Crippen molar-refractivity contribution >= 4 is 15.9 Å². The average Bonchev–Trinajstić information content (AvgIpc) is 2.26. The molecular weight excluding hydrogens is 285 g/mol. The van der Waals surface area contributed by atoms with Crippen molar-refractivity contribution in [2.75, 3.05) is 6.61 Å². The van der Waals surface area contributed by atoms with Crippen LogP contribution in [-0.2, 0) is 6.54 Å². The molecule has 96 valence electrons. The first kappa shape index (κ1) is 14.6. The lowest BCUT2D eigenvalue weighted by atomic mass is 9.94. The first-order valence-electron chi connectivity index (χ1n) is 5.80. The molecule has 0 aliphatic heterocycles.